The summed E-state index contributed by atoms with van der Waals surface area (Å²) in [4.78, 5) is 0. The van der Waals surface area contributed by atoms with Crippen LogP contribution in [-0.4, -0.2) is 39.4 Å². The van der Waals surface area contributed by atoms with Crippen LogP contribution in [0.25, 0.3) is 0 Å². The summed E-state index contributed by atoms with van der Waals surface area (Å²) in [6, 6.07) is 0. The van der Waals surface area contributed by atoms with E-state index in [-0.39, 0.29) is 26.2 Å². The van der Waals surface area contributed by atoms with Crippen LogP contribution in [0.15, 0.2) is 0 Å². The molecule has 2 heterocycles. The van der Waals surface area contributed by atoms with Gasteiger partial charge in [0.2, 0.25) is 0 Å². The Morgan fingerprint density at radius 1 is 0.857 bits per heavy atom. The van der Waals surface area contributed by atoms with Crippen LogP contribution >= 0.6 is 0 Å². The second-order valence-electron chi connectivity index (χ2n) is 3.95. The van der Waals surface area contributed by atoms with Gasteiger partial charge in [0.15, 0.2) is 0 Å². The zero-order chi connectivity index (χ0) is 9.97. The Hall–Kier alpha value is -0.0301. The maximum Gasteiger partial charge on any atom is 0.488 e. The highest BCUT2D eigenvalue weighted by molar-refractivity contribution is 7.10. The lowest BCUT2D eigenvalue weighted by molar-refractivity contribution is 0.0514. The predicted octanol–water partition coefficient (Wildman–Crippen LogP) is 0.692. The summed E-state index contributed by atoms with van der Waals surface area (Å²) in [6.07, 6.45) is 2.36. The van der Waals surface area contributed by atoms with Gasteiger partial charge in [-0.3, -0.25) is 0 Å². The topological polar surface area (TPSA) is 36.9 Å². The fourth-order valence-electron chi connectivity index (χ4n) is 1.66. The zero-order valence-corrected chi connectivity index (χ0v) is 8.77. The first-order chi connectivity index (χ1) is 6.75. The summed E-state index contributed by atoms with van der Waals surface area (Å²) in [5, 5.41) is 0. The smallest absolute Gasteiger partial charge is 0.413 e. The molecule has 6 heteroatoms. The lowest BCUT2D eigenvalue weighted by Crippen LogP contribution is -2.53. The lowest BCUT2D eigenvalue weighted by atomic mass is 9.47. The molecule has 0 aromatic heterocycles. The minimum Gasteiger partial charge on any atom is -0.413 e. The van der Waals surface area contributed by atoms with Gasteiger partial charge in [-0.25, -0.2) is 0 Å². The summed E-state index contributed by atoms with van der Waals surface area (Å²) in [5.41, 5.74) is 0. The maximum absolute atomic E-state index is 5.60. The Kier molecular flexibility index (Phi) is 3.49. The third kappa shape index (κ3) is 2.51. The standard InChI is InChI=1S/C8H16B2O4/c1-7-3-5-11-9(13-7)10-12-6-4-8(2)14-10/h7-8H,3-6H2,1-2H3. The van der Waals surface area contributed by atoms with Gasteiger partial charge in [0.1, 0.15) is 0 Å². The van der Waals surface area contributed by atoms with Crippen LogP contribution in [0.1, 0.15) is 26.7 Å². The first kappa shape index (κ1) is 10.5. The highest BCUT2D eigenvalue weighted by Crippen LogP contribution is 2.17. The van der Waals surface area contributed by atoms with Crippen molar-refractivity contribution in [2.45, 2.75) is 38.9 Å². The second-order valence-corrected chi connectivity index (χ2v) is 3.95. The number of hydrogen-bond acceptors (Lipinski definition) is 4. The van der Waals surface area contributed by atoms with Gasteiger partial charge in [0, 0.05) is 25.4 Å². The van der Waals surface area contributed by atoms with E-state index in [9.17, 15) is 0 Å². The van der Waals surface area contributed by atoms with Crippen LogP contribution in [0.4, 0.5) is 0 Å². The molecule has 2 saturated heterocycles. The molecule has 0 N–H and O–H groups in total. The molecule has 0 amide bonds. The molecule has 2 fully saturated rings. The molecule has 2 atom stereocenters. The second kappa shape index (κ2) is 4.66. The number of rotatable bonds is 1. The summed E-state index contributed by atoms with van der Waals surface area (Å²) < 4.78 is 22.1. The van der Waals surface area contributed by atoms with E-state index in [1.54, 1.807) is 0 Å². The van der Waals surface area contributed by atoms with Crippen molar-refractivity contribution in [3.63, 3.8) is 0 Å². The van der Waals surface area contributed by atoms with Crippen LogP contribution in [0.2, 0.25) is 0 Å². The van der Waals surface area contributed by atoms with Gasteiger partial charge in [0.25, 0.3) is 0 Å². The van der Waals surface area contributed by atoms with E-state index in [1.807, 2.05) is 13.8 Å². The molecule has 2 aliphatic heterocycles. The zero-order valence-electron chi connectivity index (χ0n) is 8.77. The van der Waals surface area contributed by atoms with E-state index >= 15 is 0 Å². The summed E-state index contributed by atoms with van der Waals surface area (Å²) in [5.74, 6) is 0. The van der Waals surface area contributed by atoms with Crippen molar-refractivity contribution in [3.8, 4) is 0 Å². The number of hydrogen-bond donors (Lipinski definition) is 0. The van der Waals surface area contributed by atoms with Crippen LogP contribution in [0, 0.1) is 0 Å². The molecule has 2 aliphatic rings. The Balaban J connectivity index is 1.86. The highest BCUT2D eigenvalue weighted by Gasteiger charge is 2.44. The predicted molar refractivity (Wildman–Crippen MR) is 53.7 cm³/mol. The molecule has 0 aromatic rings. The molecule has 2 unspecified atom stereocenters. The first-order valence-corrected chi connectivity index (χ1v) is 5.30. The van der Waals surface area contributed by atoms with Gasteiger partial charge < -0.3 is 18.6 Å². The Bertz CT molecular complexity index is 172. The van der Waals surface area contributed by atoms with Gasteiger partial charge in [-0.1, -0.05) is 0 Å². The van der Waals surface area contributed by atoms with E-state index < -0.39 is 0 Å². The van der Waals surface area contributed by atoms with Crippen LogP contribution < -0.4 is 0 Å². The molecule has 78 valence electrons. The van der Waals surface area contributed by atoms with Gasteiger partial charge in [-0.05, 0) is 26.7 Å². The molecule has 0 aliphatic carbocycles. The Labute approximate surface area is 85.5 Å². The summed E-state index contributed by atoms with van der Waals surface area (Å²) in [6.45, 7) is 5.54. The average Bonchev–Trinajstić information content (AvgIpc) is 2.18. The minimum atomic E-state index is -0.346. The largest absolute Gasteiger partial charge is 0.488 e. The molecular weight excluding hydrogens is 182 g/mol. The van der Waals surface area contributed by atoms with Crippen LogP contribution in [0.5, 0.6) is 0 Å². The molecule has 0 saturated carbocycles. The molecule has 0 aromatic carbocycles. The van der Waals surface area contributed by atoms with Crippen molar-refractivity contribution in [1.82, 2.24) is 0 Å². The molecular formula is C8H16B2O4. The van der Waals surface area contributed by atoms with Crippen LogP contribution in [-0.2, 0) is 18.6 Å². The molecule has 0 bridgehead atoms. The lowest BCUT2D eigenvalue weighted by Gasteiger charge is -2.32. The fourth-order valence-corrected chi connectivity index (χ4v) is 1.66. The molecule has 0 spiro atoms. The van der Waals surface area contributed by atoms with E-state index in [2.05, 4.69) is 0 Å². The monoisotopic (exact) mass is 198 g/mol. The van der Waals surface area contributed by atoms with Crippen molar-refractivity contribution in [1.29, 1.82) is 0 Å². The van der Waals surface area contributed by atoms with E-state index in [0.29, 0.717) is 0 Å². The van der Waals surface area contributed by atoms with Crippen molar-refractivity contribution >= 4 is 14.0 Å². The van der Waals surface area contributed by atoms with E-state index in [0.717, 1.165) is 26.1 Å². The SMILES string of the molecule is CC1CCOB(B2OCCC(C)O2)O1. The van der Waals surface area contributed by atoms with Gasteiger partial charge in [0.05, 0.1) is 0 Å². The summed E-state index contributed by atoms with van der Waals surface area (Å²) in [7, 11) is -0.692. The van der Waals surface area contributed by atoms with E-state index in [1.165, 1.54) is 0 Å². The van der Waals surface area contributed by atoms with Gasteiger partial charge in [-0.15, -0.1) is 0 Å². The molecule has 4 nitrogen and oxygen atoms in total. The molecule has 0 radical (unpaired) electrons. The van der Waals surface area contributed by atoms with E-state index in [4.69, 9.17) is 18.6 Å². The summed E-state index contributed by atoms with van der Waals surface area (Å²) >= 11 is 0. The average molecular weight is 198 g/mol. The molecule has 14 heavy (non-hydrogen) atoms. The van der Waals surface area contributed by atoms with Crippen LogP contribution in [0.3, 0.4) is 0 Å². The fraction of sp³-hybridized carbons (Fsp3) is 1.00. The third-order valence-electron chi connectivity index (χ3n) is 2.57. The highest BCUT2D eigenvalue weighted by atomic mass is 16.7. The van der Waals surface area contributed by atoms with Gasteiger partial charge >= 0.3 is 14.0 Å². The maximum atomic E-state index is 5.60. The van der Waals surface area contributed by atoms with Crippen molar-refractivity contribution in [2.24, 2.45) is 0 Å². The third-order valence-corrected chi connectivity index (χ3v) is 2.57. The van der Waals surface area contributed by atoms with Crippen molar-refractivity contribution in [3.05, 3.63) is 0 Å². The quantitative estimate of drug-likeness (QED) is 0.580. The normalized spacial score (nSPS) is 34.7. The van der Waals surface area contributed by atoms with Gasteiger partial charge in [-0.2, -0.15) is 0 Å². The van der Waals surface area contributed by atoms with Crippen molar-refractivity contribution in [2.75, 3.05) is 13.2 Å². The Morgan fingerprint density at radius 3 is 1.64 bits per heavy atom. The van der Waals surface area contributed by atoms with Crippen molar-refractivity contribution < 1.29 is 18.6 Å². The first-order valence-electron chi connectivity index (χ1n) is 5.30. The minimum absolute atomic E-state index is 0.234. The molecule has 2 rings (SSSR count). The Morgan fingerprint density at radius 2 is 1.29 bits per heavy atom.